The Morgan fingerprint density at radius 2 is 0.754 bits per heavy atom. The minimum atomic E-state index is -0.176. The fraction of sp³-hybridized carbons (Fsp3) is 0.393. The Balaban J connectivity index is 1.55. The first kappa shape index (κ1) is 39.2. The number of rotatable bonds is 3. The summed E-state index contributed by atoms with van der Waals surface area (Å²) in [4.78, 5) is 2.67. The SMILES string of the molecule is CC(C)(C)c1ccc2c(c1)C(C)(C)c1cc(C(C)(C)C)cc(N(c3ccc4ccccc4c3)c3cc(C(C)(C)C)cc4c3-c3ccc(C(C)(C)C)cc3C4(C)C)c1-2. The second-order valence-electron chi connectivity index (χ2n) is 22.5. The molecule has 2 aliphatic rings. The molecule has 0 atom stereocenters. The molecule has 8 rings (SSSR count). The van der Waals surface area contributed by atoms with Gasteiger partial charge in [0.1, 0.15) is 0 Å². The zero-order valence-corrected chi connectivity index (χ0v) is 37.8. The lowest BCUT2D eigenvalue weighted by atomic mass is 9.77. The van der Waals surface area contributed by atoms with Crippen LogP contribution in [0.2, 0.25) is 0 Å². The van der Waals surface area contributed by atoms with Crippen molar-refractivity contribution >= 4 is 27.8 Å². The molecule has 6 aromatic carbocycles. The van der Waals surface area contributed by atoms with Crippen molar-refractivity contribution in [2.24, 2.45) is 0 Å². The van der Waals surface area contributed by atoms with Crippen LogP contribution in [0.5, 0.6) is 0 Å². The number of nitrogens with zero attached hydrogens (tertiary/aromatic N) is 1. The Bertz CT molecular complexity index is 2450. The quantitative estimate of drug-likeness (QED) is 0.174. The molecule has 0 bridgehead atoms. The van der Waals surface area contributed by atoms with Crippen molar-refractivity contribution in [3.63, 3.8) is 0 Å². The summed E-state index contributed by atoms with van der Waals surface area (Å²) >= 11 is 0. The van der Waals surface area contributed by atoms with Crippen LogP contribution in [0.4, 0.5) is 17.1 Å². The maximum Gasteiger partial charge on any atom is 0.0546 e. The fourth-order valence-corrected chi connectivity index (χ4v) is 9.53. The lowest BCUT2D eigenvalue weighted by Gasteiger charge is -2.35. The van der Waals surface area contributed by atoms with Crippen LogP contribution in [0.1, 0.15) is 155 Å². The van der Waals surface area contributed by atoms with Crippen LogP contribution in [0.25, 0.3) is 33.0 Å². The molecule has 0 fully saturated rings. The van der Waals surface area contributed by atoms with Gasteiger partial charge in [-0.3, -0.25) is 0 Å². The molecule has 0 aliphatic heterocycles. The van der Waals surface area contributed by atoms with Gasteiger partial charge in [-0.15, -0.1) is 0 Å². The van der Waals surface area contributed by atoms with Gasteiger partial charge in [0.15, 0.2) is 0 Å². The molecule has 0 amide bonds. The highest BCUT2D eigenvalue weighted by atomic mass is 15.1. The van der Waals surface area contributed by atoms with E-state index >= 15 is 0 Å². The molecule has 0 N–H and O–H groups in total. The van der Waals surface area contributed by atoms with E-state index in [0.29, 0.717) is 0 Å². The second kappa shape index (κ2) is 12.4. The summed E-state index contributed by atoms with van der Waals surface area (Å²) in [5.41, 5.74) is 19.9. The van der Waals surface area contributed by atoms with Crippen molar-refractivity contribution < 1.29 is 0 Å². The maximum atomic E-state index is 2.67. The molecule has 1 nitrogen and oxygen atoms in total. The lowest BCUT2D eigenvalue weighted by Crippen LogP contribution is -2.22. The summed E-state index contributed by atoms with van der Waals surface area (Å²) < 4.78 is 0. The summed E-state index contributed by atoms with van der Waals surface area (Å²) in [5.74, 6) is 0. The summed E-state index contributed by atoms with van der Waals surface area (Å²) in [7, 11) is 0. The standard InChI is InChI=1S/C56H65N/c1-51(2,3)36-22-25-41-43(28-36)55(13,14)45-30-38(53(7,8)9)32-47(49(41)45)57(40-24-21-34-19-17-18-20-35(34)27-40)48-33-39(54(10,11)12)31-46-50(48)42-26-23-37(52(4,5)6)29-44(42)56(46,15)16/h17-33H,1-16H3. The Hall–Kier alpha value is -4.62. The van der Waals surface area contributed by atoms with Crippen molar-refractivity contribution in [1.29, 1.82) is 0 Å². The van der Waals surface area contributed by atoms with Gasteiger partial charge in [0, 0.05) is 27.6 Å². The smallest absolute Gasteiger partial charge is 0.0546 e. The third kappa shape index (κ3) is 6.27. The van der Waals surface area contributed by atoms with E-state index in [1.165, 1.54) is 94.6 Å². The van der Waals surface area contributed by atoms with Crippen molar-refractivity contribution in [2.75, 3.05) is 4.90 Å². The minimum Gasteiger partial charge on any atom is -0.309 e. The van der Waals surface area contributed by atoms with Gasteiger partial charge in [0.25, 0.3) is 0 Å². The molecule has 2 aliphatic carbocycles. The van der Waals surface area contributed by atoms with Crippen LogP contribution in [-0.4, -0.2) is 0 Å². The molecule has 0 spiro atoms. The first-order valence-electron chi connectivity index (χ1n) is 21.3. The van der Waals surface area contributed by atoms with Crippen LogP contribution in [-0.2, 0) is 32.5 Å². The number of hydrogen-bond acceptors (Lipinski definition) is 1. The molecule has 0 radical (unpaired) electrons. The van der Waals surface area contributed by atoms with Gasteiger partial charge in [-0.25, -0.2) is 0 Å². The summed E-state index contributed by atoms with van der Waals surface area (Å²) in [6.07, 6.45) is 0. The molecule has 0 saturated carbocycles. The fourth-order valence-electron chi connectivity index (χ4n) is 9.53. The van der Waals surface area contributed by atoms with Crippen molar-refractivity contribution in [3.8, 4) is 22.3 Å². The third-order valence-electron chi connectivity index (χ3n) is 13.4. The van der Waals surface area contributed by atoms with Crippen LogP contribution in [0.15, 0.2) is 103 Å². The highest BCUT2D eigenvalue weighted by Crippen LogP contribution is 2.60. The highest BCUT2D eigenvalue weighted by molar-refractivity contribution is 6.02. The van der Waals surface area contributed by atoms with E-state index in [1.807, 2.05) is 0 Å². The maximum absolute atomic E-state index is 2.67. The first-order chi connectivity index (χ1) is 26.3. The van der Waals surface area contributed by atoms with Gasteiger partial charge in [0.2, 0.25) is 0 Å². The van der Waals surface area contributed by atoms with Gasteiger partial charge >= 0.3 is 0 Å². The molecular weight excluding hydrogens is 687 g/mol. The Kier molecular flexibility index (Phi) is 8.56. The van der Waals surface area contributed by atoms with E-state index in [4.69, 9.17) is 0 Å². The number of fused-ring (bicyclic) bond motifs is 7. The van der Waals surface area contributed by atoms with Crippen LogP contribution >= 0.6 is 0 Å². The Morgan fingerprint density at radius 3 is 1.16 bits per heavy atom. The zero-order valence-electron chi connectivity index (χ0n) is 37.8. The second-order valence-corrected chi connectivity index (χ2v) is 22.5. The lowest BCUT2D eigenvalue weighted by molar-refractivity contribution is 0.580. The van der Waals surface area contributed by atoms with E-state index in [0.717, 1.165) is 0 Å². The Labute approximate surface area is 344 Å². The normalized spacial score (nSPS) is 15.6. The molecule has 57 heavy (non-hydrogen) atoms. The van der Waals surface area contributed by atoms with Gasteiger partial charge in [-0.05, 0) is 112 Å². The number of benzene rings is 6. The minimum absolute atomic E-state index is 0.0530. The molecular formula is C56H65N. The highest BCUT2D eigenvalue weighted by Gasteiger charge is 2.43. The van der Waals surface area contributed by atoms with Crippen molar-refractivity contribution in [1.82, 2.24) is 0 Å². The predicted molar refractivity (Wildman–Crippen MR) is 249 cm³/mol. The number of hydrogen-bond donors (Lipinski definition) is 0. The molecule has 0 heterocycles. The van der Waals surface area contributed by atoms with E-state index in [1.54, 1.807) is 0 Å². The van der Waals surface area contributed by atoms with Crippen LogP contribution < -0.4 is 4.90 Å². The van der Waals surface area contributed by atoms with Crippen molar-refractivity contribution in [3.05, 3.63) is 148 Å². The summed E-state index contributed by atoms with van der Waals surface area (Å²) in [5, 5.41) is 2.50. The monoisotopic (exact) mass is 752 g/mol. The van der Waals surface area contributed by atoms with Gasteiger partial charge < -0.3 is 4.90 Å². The van der Waals surface area contributed by atoms with E-state index in [9.17, 15) is 0 Å². The van der Waals surface area contributed by atoms with Crippen LogP contribution in [0.3, 0.4) is 0 Å². The van der Waals surface area contributed by atoms with Crippen molar-refractivity contribution in [2.45, 2.75) is 143 Å². The number of anilines is 3. The van der Waals surface area contributed by atoms with E-state index < -0.39 is 0 Å². The predicted octanol–water partition coefficient (Wildman–Crippen LogP) is 16.1. The molecule has 6 aromatic rings. The molecule has 0 saturated heterocycles. The third-order valence-corrected chi connectivity index (χ3v) is 13.4. The molecule has 0 unspecified atom stereocenters. The molecule has 1 heteroatoms. The van der Waals surface area contributed by atoms with E-state index in [2.05, 4.69) is 219 Å². The van der Waals surface area contributed by atoms with E-state index in [-0.39, 0.29) is 32.5 Å². The van der Waals surface area contributed by atoms with Crippen LogP contribution in [0, 0.1) is 0 Å². The average molecular weight is 752 g/mol. The van der Waals surface area contributed by atoms with Gasteiger partial charge in [0.05, 0.1) is 11.4 Å². The summed E-state index contributed by atoms with van der Waals surface area (Å²) in [6, 6.07) is 40.7. The summed E-state index contributed by atoms with van der Waals surface area (Å²) in [6.45, 7) is 38.0. The largest absolute Gasteiger partial charge is 0.309 e. The molecule has 0 aromatic heterocycles. The van der Waals surface area contributed by atoms with Gasteiger partial charge in [-0.1, -0.05) is 190 Å². The first-order valence-corrected chi connectivity index (χ1v) is 21.3. The zero-order chi connectivity index (χ0) is 41.4. The topological polar surface area (TPSA) is 3.24 Å². The average Bonchev–Trinajstić information content (AvgIpc) is 3.49. The molecule has 294 valence electrons. The Morgan fingerprint density at radius 1 is 0.368 bits per heavy atom. The van der Waals surface area contributed by atoms with Gasteiger partial charge in [-0.2, -0.15) is 0 Å².